The summed E-state index contributed by atoms with van der Waals surface area (Å²) in [4.78, 5) is 5.15. The minimum atomic E-state index is -0.854. The number of pyridine rings is 1. The van der Waals surface area contributed by atoms with Crippen molar-refractivity contribution in [1.29, 1.82) is 0 Å². The van der Waals surface area contributed by atoms with Gasteiger partial charge in [-0.1, -0.05) is 121 Å². The lowest BCUT2D eigenvalue weighted by Gasteiger charge is -2.22. The van der Waals surface area contributed by atoms with Crippen LogP contribution in [-0.4, -0.2) is 9.38 Å². The van der Waals surface area contributed by atoms with Crippen LogP contribution in [0, 0.1) is 0 Å². The molecule has 2 aromatic heterocycles. The molecule has 214 valence electrons. The standard InChI is InChI=1S/C43H27N2P/c1-2-11-30-25-32(20-19-28(30)9-1)46(33-21-23-36-31(26-33)18-17-29-10-3-4-12-35(29)36)34-22-24-38-39(27-34)37-13-5-7-15-41(37)45-42-16-8-6-14-40(42)44-43(38)45/h1-27H. The molecule has 0 fully saturated rings. The third-order valence-electron chi connectivity index (χ3n) is 9.48. The number of rotatable bonds is 3. The van der Waals surface area contributed by atoms with Crippen molar-refractivity contribution in [3.05, 3.63) is 164 Å². The molecule has 0 saturated carbocycles. The molecule has 0 saturated heterocycles. The van der Waals surface area contributed by atoms with Gasteiger partial charge in [0.2, 0.25) is 0 Å². The number of nitrogens with zero attached hydrogens (tertiary/aromatic N) is 2. The highest BCUT2D eigenvalue weighted by Crippen LogP contribution is 2.39. The third kappa shape index (κ3) is 3.84. The van der Waals surface area contributed by atoms with E-state index in [1.807, 2.05) is 0 Å². The Morgan fingerprint density at radius 1 is 0.370 bits per heavy atom. The van der Waals surface area contributed by atoms with Gasteiger partial charge in [0.25, 0.3) is 0 Å². The molecule has 0 aliphatic carbocycles. The molecule has 0 amide bonds. The van der Waals surface area contributed by atoms with Gasteiger partial charge in [-0.05, 0) is 104 Å². The molecule has 2 nitrogen and oxygen atoms in total. The molecule has 46 heavy (non-hydrogen) atoms. The average molecular weight is 603 g/mol. The Morgan fingerprint density at radius 3 is 1.80 bits per heavy atom. The summed E-state index contributed by atoms with van der Waals surface area (Å²) >= 11 is 0. The number of fused-ring (bicyclic) bond motifs is 12. The van der Waals surface area contributed by atoms with Crippen molar-refractivity contribution in [1.82, 2.24) is 9.38 Å². The van der Waals surface area contributed by atoms with E-state index in [1.54, 1.807) is 0 Å². The maximum Gasteiger partial charge on any atom is 0.146 e. The Labute approximate surface area is 266 Å². The quantitative estimate of drug-likeness (QED) is 0.145. The first-order valence-corrected chi connectivity index (χ1v) is 17.1. The molecule has 1 atom stereocenters. The van der Waals surface area contributed by atoms with E-state index < -0.39 is 7.92 Å². The van der Waals surface area contributed by atoms with Crippen molar-refractivity contribution >= 4 is 94.5 Å². The maximum atomic E-state index is 5.15. The van der Waals surface area contributed by atoms with Crippen molar-refractivity contribution in [3.63, 3.8) is 0 Å². The number of hydrogen-bond donors (Lipinski definition) is 0. The SMILES string of the molecule is c1ccc2cc(P(c3ccc4c(ccc5ccccc54)c3)c3ccc4c(c3)c3ccccc3n3c5ccccc5nc43)ccc2c1. The van der Waals surface area contributed by atoms with Crippen LogP contribution in [0.5, 0.6) is 0 Å². The van der Waals surface area contributed by atoms with Crippen molar-refractivity contribution in [3.8, 4) is 0 Å². The number of imidazole rings is 1. The van der Waals surface area contributed by atoms with E-state index in [2.05, 4.69) is 168 Å². The van der Waals surface area contributed by atoms with Crippen molar-refractivity contribution in [2.75, 3.05) is 0 Å². The monoisotopic (exact) mass is 602 g/mol. The fourth-order valence-corrected chi connectivity index (χ4v) is 9.70. The number of hydrogen-bond acceptors (Lipinski definition) is 1. The highest BCUT2D eigenvalue weighted by atomic mass is 31.1. The predicted octanol–water partition coefficient (Wildman–Crippen LogP) is 10.0. The molecule has 0 bridgehead atoms. The Balaban J connectivity index is 1.26. The van der Waals surface area contributed by atoms with Gasteiger partial charge < -0.3 is 0 Å². The third-order valence-corrected chi connectivity index (χ3v) is 11.9. The first-order chi connectivity index (χ1) is 22.8. The van der Waals surface area contributed by atoms with Crippen LogP contribution in [0.15, 0.2) is 164 Å². The summed E-state index contributed by atoms with van der Waals surface area (Å²) < 4.78 is 2.33. The zero-order valence-electron chi connectivity index (χ0n) is 24.9. The fourth-order valence-electron chi connectivity index (χ4n) is 7.34. The van der Waals surface area contributed by atoms with Crippen LogP contribution >= 0.6 is 7.92 Å². The zero-order valence-corrected chi connectivity index (χ0v) is 25.8. The van der Waals surface area contributed by atoms with Gasteiger partial charge in [0.15, 0.2) is 0 Å². The predicted molar refractivity (Wildman–Crippen MR) is 199 cm³/mol. The van der Waals surface area contributed by atoms with Crippen molar-refractivity contribution < 1.29 is 0 Å². The lowest BCUT2D eigenvalue weighted by atomic mass is 10.0. The van der Waals surface area contributed by atoms with Crippen LogP contribution in [0.4, 0.5) is 0 Å². The molecule has 0 radical (unpaired) electrons. The molecule has 3 heteroatoms. The Morgan fingerprint density at radius 2 is 0.935 bits per heavy atom. The zero-order chi connectivity index (χ0) is 30.2. The van der Waals surface area contributed by atoms with Gasteiger partial charge in [-0.3, -0.25) is 4.40 Å². The molecule has 0 N–H and O–H groups in total. The second kappa shape index (κ2) is 9.97. The van der Waals surface area contributed by atoms with Crippen LogP contribution in [-0.2, 0) is 0 Å². The molecular formula is C43H27N2P. The molecule has 0 spiro atoms. The normalized spacial score (nSPS) is 12.7. The average Bonchev–Trinajstić information content (AvgIpc) is 3.52. The van der Waals surface area contributed by atoms with Crippen molar-refractivity contribution in [2.24, 2.45) is 0 Å². The summed E-state index contributed by atoms with van der Waals surface area (Å²) in [6, 6.07) is 60.4. The Bertz CT molecular complexity index is 2830. The van der Waals surface area contributed by atoms with E-state index in [0.29, 0.717) is 0 Å². The summed E-state index contributed by atoms with van der Waals surface area (Å²) in [5.41, 5.74) is 4.35. The van der Waals surface area contributed by atoms with Crippen LogP contribution in [0.1, 0.15) is 0 Å². The number of benzene rings is 8. The van der Waals surface area contributed by atoms with Gasteiger partial charge in [-0.15, -0.1) is 0 Å². The highest BCUT2D eigenvalue weighted by Gasteiger charge is 2.21. The van der Waals surface area contributed by atoms with Gasteiger partial charge >= 0.3 is 0 Å². The first-order valence-electron chi connectivity index (χ1n) is 15.7. The lowest BCUT2D eigenvalue weighted by molar-refractivity contribution is 1.32. The first kappa shape index (κ1) is 25.7. The maximum absolute atomic E-state index is 5.15. The van der Waals surface area contributed by atoms with Crippen LogP contribution < -0.4 is 15.9 Å². The summed E-state index contributed by atoms with van der Waals surface area (Å²) in [5.74, 6) is 0. The minimum absolute atomic E-state index is 0.854. The second-order valence-corrected chi connectivity index (χ2v) is 14.3. The van der Waals surface area contributed by atoms with Gasteiger partial charge in [-0.25, -0.2) is 4.98 Å². The van der Waals surface area contributed by atoms with Gasteiger partial charge in [0, 0.05) is 10.8 Å². The summed E-state index contributed by atoms with van der Waals surface area (Å²) in [5, 5.41) is 15.4. The molecular weight excluding hydrogens is 575 g/mol. The van der Waals surface area contributed by atoms with Crippen LogP contribution in [0.3, 0.4) is 0 Å². The molecule has 10 aromatic rings. The topological polar surface area (TPSA) is 17.3 Å². The lowest BCUT2D eigenvalue weighted by Crippen LogP contribution is -2.21. The van der Waals surface area contributed by atoms with E-state index >= 15 is 0 Å². The Hall–Kier alpha value is -5.56. The summed E-state index contributed by atoms with van der Waals surface area (Å²) in [7, 11) is -0.854. The summed E-state index contributed by atoms with van der Waals surface area (Å²) in [6.45, 7) is 0. The Kier molecular flexibility index (Phi) is 5.58. The van der Waals surface area contributed by atoms with E-state index in [9.17, 15) is 0 Å². The highest BCUT2D eigenvalue weighted by molar-refractivity contribution is 7.79. The molecule has 8 aromatic carbocycles. The largest absolute Gasteiger partial charge is 0.292 e. The van der Waals surface area contributed by atoms with Crippen molar-refractivity contribution in [2.45, 2.75) is 0 Å². The summed E-state index contributed by atoms with van der Waals surface area (Å²) in [6.07, 6.45) is 0. The molecule has 0 aliphatic rings. The second-order valence-electron chi connectivity index (χ2n) is 12.1. The minimum Gasteiger partial charge on any atom is -0.292 e. The fraction of sp³-hybridized carbons (Fsp3) is 0. The number of aromatic nitrogens is 2. The number of para-hydroxylation sites is 3. The van der Waals surface area contributed by atoms with Gasteiger partial charge in [0.05, 0.1) is 16.6 Å². The molecule has 2 heterocycles. The molecule has 0 aliphatic heterocycles. The van der Waals surface area contributed by atoms with Gasteiger partial charge in [0.1, 0.15) is 5.65 Å². The smallest absolute Gasteiger partial charge is 0.146 e. The van der Waals surface area contributed by atoms with Crippen LogP contribution in [0.25, 0.3) is 70.7 Å². The van der Waals surface area contributed by atoms with Crippen LogP contribution in [0.2, 0.25) is 0 Å². The van der Waals surface area contributed by atoms with E-state index in [-0.39, 0.29) is 0 Å². The molecule has 1 unspecified atom stereocenters. The van der Waals surface area contributed by atoms with E-state index in [4.69, 9.17) is 4.98 Å². The van der Waals surface area contributed by atoms with Gasteiger partial charge in [-0.2, -0.15) is 0 Å². The molecule has 10 rings (SSSR count). The van der Waals surface area contributed by atoms with E-state index in [1.165, 1.54) is 69.9 Å². The van der Waals surface area contributed by atoms with E-state index in [0.717, 1.165) is 16.7 Å².